The van der Waals surface area contributed by atoms with E-state index in [1.54, 1.807) is 11.8 Å². The molecule has 0 fully saturated rings. The summed E-state index contributed by atoms with van der Waals surface area (Å²) in [4.78, 5) is 11.9. The highest BCUT2D eigenvalue weighted by molar-refractivity contribution is 9.10. The second kappa shape index (κ2) is 7.81. The monoisotopic (exact) mass is 331 g/mol. The quantitative estimate of drug-likeness (QED) is 0.841. The van der Waals surface area contributed by atoms with E-state index in [2.05, 4.69) is 21.2 Å². The molecule has 3 nitrogen and oxygen atoms in total. The second-order valence-corrected chi connectivity index (χ2v) is 6.55. The molecule has 0 saturated heterocycles. The second-order valence-electron chi connectivity index (χ2n) is 4.26. The van der Waals surface area contributed by atoms with Crippen molar-refractivity contribution in [1.29, 1.82) is 0 Å². The van der Waals surface area contributed by atoms with Gasteiger partial charge in [0.2, 0.25) is 5.91 Å². The number of benzene rings is 1. The summed E-state index contributed by atoms with van der Waals surface area (Å²) in [6, 6.07) is 7.49. The Balaban J connectivity index is 2.42. The number of rotatable bonds is 6. The number of hydrogen-bond acceptors (Lipinski definition) is 3. The number of carbonyl (C=O) groups excluding carboxylic acids is 1. The highest BCUT2D eigenvalue weighted by Crippen LogP contribution is 2.18. The standard InChI is InChI=1S/C13H18BrNO2S/c1-9(7-16)8-18-10(2)13(17)15-12-5-3-11(14)4-6-12/h3-6,9-10,16H,7-8H2,1-2H3,(H,15,17). The minimum Gasteiger partial charge on any atom is -0.396 e. The average Bonchev–Trinajstić information content (AvgIpc) is 2.38. The third kappa shape index (κ3) is 5.42. The van der Waals surface area contributed by atoms with Gasteiger partial charge in [-0.15, -0.1) is 11.8 Å². The van der Waals surface area contributed by atoms with E-state index in [9.17, 15) is 4.79 Å². The van der Waals surface area contributed by atoms with Crippen LogP contribution in [-0.4, -0.2) is 28.6 Å². The lowest BCUT2D eigenvalue weighted by Crippen LogP contribution is -2.23. The fourth-order valence-electron chi connectivity index (χ4n) is 1.21. The van der Waals surface area contributed by atoms with Gasteiger partial charge in [0.05, 0.1) is 5.25 Å². The third-order valence-electron chi connectivity index (χ3n) is 2.42. The van der Waals surface area contributed by atoms with Gasteiger partial charge in [0.15, 0.2) is 0 Å². The summed E-state index contributed by atoms with van der Waals surface area (Å²) in [5.41, 5.74) is 0.797. The van der Waals surface area contributed by atoms with Crippen LogP contribution in [0.1, 0.15) is 13.8 Å². The molecule has 5 heteroatoms. The van der Waals surface area contributed by atoms with E-state index in [-0.39, 0.29) is 23.7 Å². The van der Waals surface area contributed by atoms with Crippen LogP contribution < -0.4 is 5.32 Å². The molecule has 1 amide bonds. The van der Waals surface area contributed by atoms with Crippen molar-refractivity contribution in [3.8, 4) is 0 Å². The number of halogens is 1. The first-order valence-electron chi connectivity index (χ1n) is 5.81. The number of aliphatic hydroxyl groups excluding tert-OH is 1. The van der Waals surface area contributed by atoms with Crippen LogP contribution in [0.15, 0.2) is 28.7 Å². The zero-order chi connectivity index (χ0) is 13.5. The number of thioether (sulfide) groups is 1. The highest BCUT2D eigenvalue weighted by atomic mass is 79.9. The summed E-state index contributed by atoms with van der Waals surface area (Å²) in [6.45, 7) is 4.00. The number of amides is 1. The molecule has 0 aliphatic rings. The molecule has 0 heterocycles. The molecular formula is C13H18BrNO2S. The van der Waals surface area contributed by atoms with Crippen molar-refractivity contribution in [3.63, 3.8) is 0 Å². The molecule has 2 unspecified atom stereocenters. The minimum absolute atomic E-state index is 0.00698. The largest absolute Gasteiger partial charge is 0.396 e. The first-order chi connectivity index (χ1) is 8.52. The molecule has 0 spiro atoms. The topological polar surface area (TPSA) is 49.3 Å². The molecule has 0 bridgehead atoms. The average molecular weight is 332 g/mol. The Hall–Kier alpha value is -0.520. The molecule has 1 rings (SSSR count). The number of aliphatic hydroxyl groups is 1. The van der Waals surface area contributed by atoms with Crippen molar-refractivity contribution < 1.29 is 9.90 Å². The number of carbonyl (C=O) groups is 1. The maximum Gasteiger partial charge on any atom is 0.237 e. The Kier molecular flexibility index (Phi) is 6.75. The number of nitrogens with one attached hydrogen (secondary N) is 1. The van der Waals surface area contributed by atoms with E-state index < -0.39 is 0 Å². The van der Waals surface area contributed by atoms with Gasteiger partial charge in [-0.2, -0.15) is 0 Å². The predicted octanol–water partition coefficient (Wildman–Crippen LogP) is 3.14. The Morgan fingerprint density at radius 2 is 2.00 bits per heavy atom. The highest BCUT2D eigenvalue weighted by Gasteiger charge is 2.14. The lowest BCUT2D eigenvalue weighted by molar-refractivity contribution is -0.115. The number of hydrogen-bond donors (Lipinski definition) is 2. The van der Waals surface area contributed by atoms with Crippen LogP contribution >= 0.6 is 27.7 Å². The van der Waals surface area contributed by atoms with E-state index in [0.29, 0.717) is 0 Å². The third-order valence-corrected chi connectivity index (χ3v) is 4.43. The fraction of sp³-hybridized carbons (Fsp3) is 0.462. The van der Waals surface area contributed by atoms with Crippen LogP contribution in [0.5, 0.6) is 0 Å². The van der Waals surface area contributed by atoms with Gasteiger partial charge in [-0.1, -0.05) is 22.9 Å². The van der Waals surface area contributed by atoms with Gasteiger partial charge >= 0.3 is 0 Å². The van der Waals surface area contributed by atoms with E-state index in [4.69, 9.17) is 5.11 Å². The van der Waals surface area contributed by atoms with Gasteiger partial charge in [-0.3, -0.25) is 4.79 Å². The molecule has 0 aliphatic carbocycles. The SMILES string of the molecule is CC(CO)CSC(C)C(=O)Nc1ccc(Br)cc1. The molecule has 0 aliphatic heterocycles. The Bertz CT molecular complexity index is 383. The lowest BCUT2D eigenvalue weighted by atomic mass is 10.2. The van der Waals surface area contributed by atoms with Crippen molar-refractivity contribution in [2.45, 2.75) is 19.1 Å². The molecule has 1 aromatic carbocycles. The van der Waals surface area contributed by atoms with Crippen LogP contribution in [-0.2, 0) is 4.79 Å². The van der Waals surface area contributed by atoms with E-state index in [1.807, 2.05) is 38.1 Å². The molecule has 2 N–H and O–H groups in total. The Morgan fingerprint density at radius 1 is 1.39 bits per heavy atom. The molecular weight excluding hydrogens is 314 g/mol. The first kappa shape index (κ1) is 15.5. The van der Waals surface area contributed by atoms with Crippen LogP contribution in [0, 0.1) is 5.92 Å². The first-order valence-corrected chi connectivity index (χ1v) is 7.66. The smallest absolute Gasteiger partial charge is 0.237 e. The fourth-order valence-corrected chi connectivity index (χ4v) is 2.41. The van der Waals surface area contributed by atoms with Crippen molar-refractivity contribution in [2.24, 2.45) is 5.92 Å². The van der Waals surface area contributed by atoms with E-state index >= 15 is 0 Å². The van der Waals surface area contributed by atoms with Crippen LogP contribution in [0.25, 0.3) is 0 Å². The molecule has 18 heavy (non-hydrogen) atoms. The van der Waals surface area contributed by atoms with Gasteiger partial charge < -0.3 is 10.4 Å². The van der Waals surface area contributed by atoms with Crippen LogP contribution in [0.2, 0.25) is 0 Å². The van der Waals surface area contributed by atoms with Crippen molar-refractivity contribution in [1.82, 2.24) is 0 Å². The Labute approximate surface area is 120 Å². The van der Waals surface area contributed by atoms with Gasteiger partial charge in [0.1, 0.15) is 0 Å². The molecule has 2 atom stereocenters. The molecule has 1 aromatic rings. The van der Waals surface area contributed by atoms with Crippen molar-refractivity contribution in [2.75, 3.05) is 17.7 Å². The van der Waals surface area contributed by atoms with Gasteiger partial charge in [-0.05, 0) is 42.9 Å². The summed E-state index contributed by atoms with van der Waals surface area (Å²) in [5, 5.41) is 11.7. The van der Waals surface area contributed by atoms with Crippen LogP contribution in [0.4, 0.5) is 5.69 Å². The molecule has 0 radical (unpaired) electrons. The summed E-state index contributed by atoms with van der Waals surface area (Å²) in [7, 11) is 0. The van der Waals surface area contributed by atoms with Crippen molar-refractivity contribution >= 4 is 39.3 Å². The zero-order valence-electron chi connectivity index (χ0n) is 10.5. The molecule has 0 aromatic heterocycles. The van der Waals surface area contributed by atoms with Gasteiger partial charge in [0.25, 0.3) is 0 Å². The number of anilines is 1. The molecule has 0 saturated carbocycles. The van der Waals surface area contributed by atoms with Gasteiger partial charge in [-0.25, -0.2) is 0 Å². The minimum atomic E-state index is -0.123. The summed E-state index contributed by atoms with van der Waals surface area (Å²) < 4.78 is 0.986. The zero-order valence-corrected chi connectivity index (χ0v) is 12.9. The predicted molar refractivity (Wildman–Crippen MR) is 80.9 cm³/mol. The van der Waals surface area contributed by atoms with E-state index in [0.717, 1.165) is 15.9 Å². The lowest BCUT2D eigenvalue weighted by Gasteiger charge is -2.14. The summed E-state index contributed by atoms with van der Waals surface area (Å²) >= 11 is 4.91. The summed E-state index contributed by atoms with van der Waals surface area (Å²) in [6.07, 6.45) is 0. The maximum absolute atomic E-state index is 11.9. The van der Waals surface area contributed by atoms with Gasteiger partial charge in [0, 0.05) is 16.8 Å². The Morgan fingerprint density at radius 3 is 2.56 bits per heavy atom. The summed E-state index contributed by atoms with van der Waals surface area (Å²) in [5.74, 6) is 0.996. The maximum atomic E-state index is 11.9. The van der Waals surface area contributed by atoms with E-state index in [1.165, 1.54) is 0 Å². The molecule has 100 valence electrons. The van der Waals surface area contributed by atoms with Crippen LogP contribution in [0.3, 0.4) is 0 Å². The van der Waals surface area contributed by atoms with Crippen molar-refractivity contribution in [3.05, 3.63) is 28.7 Å². The normalized spacial score (nSPS) is 14.0.